The average molecular weight is 372 g/mol. The molecule has 134 valence electrons. The van der Waals surface area contributed by atoms with Crippen molar-refractivity contribution in [3.05, 3.63) is 59.1 Å². The van der Waals surface area contributed by atoms with Gasteiger partial charge in [-0.1, -0.05) is 0 Å². The lowest BCUT2D eigenvalue weighted by Crippen LogP contribution is -2.15. The van der Waals surface area contributed by atoms with Crippen LogP contribution in [0.3, 0.4) is 0 Å². The molecule has 0 atom stereocenters. The molecule has 2 N–H and O–H groups in total. The highest BCUT2D eigenvalue weighted by Gasteiger charge is 2.11. The van der Waals surface area contributed by atoms with Crippen LogP contribution in [0.5, 0.6) is 5.75 Å². The van der Waals surface area contributed by atoms with Crippen LogP contribution < -0.4 is 10.1 Å². The lowest BCUT2D eigenvalue weighted by Gasteiger charge is -2.08. The van der Waals surface area contributed by atoms with E-state index in [2.05, 4.69) is 15.5 Å². The van der Waals surface area contributed by atoms with Crippen molar-refractivity contribution < 1.29 is 13.9 Å². The van der Waals surface area contributed by atoms with Crippen LogP contribution in [0.1, 0.15) is 6.42 Å². The highest BCUT2D eigenvalue weighted by atomic mass is 32.1. The SMILES string of the molecule is COc1ccc(NC(=O)CCn2c(-c3ccc(F)cc3)n[nH]c2=S)cc1. The van der Waals surface area contributed by atoms with E-state index in [4.69, 9.17) is 17.0 Å². The second kappa shape index (κ2) is 7.92. The van der Waals surface area contributed by atoms with Crippen molar-refractivity contribution in [2.45, 2.75) is 13.0 Å². The zero-order chi connectivity index (χ0) is 18.5. The van der Waals surface area contributed by atoms with Gasteiger partial charge in [0.2, 0.25) is 5.91 Å². The lowest BCUT2D eigenvalue weighted by atomic mass is 10.2. The quantitative estimate of drug-likeness (QED) is 0.646. The summed E-state index contributed by atoms with van der Waals surface area (Å²) in [6, 6.07) is 13.0. The van der Waals surface area contributed by atoms with Gasteiger partial charge in [-0.25, -0.2) is 4.39 Å². The summed E-state index contributed by atoms with van der Waals surface area (Å²) in [7, 11) is 1.58. The molecule has 0 saturated heterocycles. The molecule has 0 bridgehead atoms. The Morgan fingerprint density at radius 3 is 2.58 bits per heavy atom. The number of hydrogen-bond acceptors (Lipinski definition) is 4. The average Bonchev–Trinajstić information content (AvgIpc) is 3.02. The summed E-state index contributed by atoms with van der Waals surface area (Å²) < 4.78 is 20.3. The minimum Gasteiger partial charge on any atom is -0.497 e. The van der Waals surface area contributed by atoms with Crippen LogP contribution in [-0.4, -0.2) is 27.8 Å². The number of amides is 1. The largest absolute Gasteiger partial charge is 0.497 e. The molecule has 3 rings (SSSR count). The van der Waals surface area contributed by atoms with Crippen molar-refractivity contribution in [2.75, 3.05) is 12.4 Å². The third-order valence-corrected chi connectivity index (χ3v) is 4.11. The van der Waals surface area contributed by atoms with Crippen molar-refractivity contribution in [2.24, 2.45) is 0 Å². The van der Waals surface area contributed by atoms with Gasteiger partial charge in [-0.2, -0.15) is 5.10 Å². The number of methoxy groups -OCH3 is 1. The zero-order valence-corrected chi connectivity index (χ0v) is 14.8. The summed E-state index contributed by atoms with van der Waals surface area (Å²) in [4.78, 5) is 12.2. The van der Waals surface area contributed by atoms with Gasteiger partial charge < -0.3 is 10.1 Å². The number of aromatic amines is 1. The Morgan fingerprint density at radius 2 is 1.92 bits per heavy atom. The van der Waals surface area contributed by atoms with E-state index in [-0.39, 0.29) is 18.1 Å². The Hall–Kier alpha value is -3.00. The third kappa shape index (κ3) is 4.15. The van der Waals surface area contributed by atoms with Gasteiger partial charge in [-0.05, 0) is 60.7 Å². The second-order valence-electron chi connectivity index (χ2n) is 5.54. The first-order chi connectivity index (χ1) is 12.6. The smallest absolute Gasteiger partial charge is 0.226 e. The Bertz CT molecular complexity index is 949. The number of ether oxygens (including phenoxy) is 1. The normalized spacial score (nSPS) is 10.5. The van der Waals surface area contributed by atoms with E-state index in [0.29, 0.717) is 28.4 Å². The number of anilines is 1. The summed E-state index contributed by atoms with van der Waals surface area (Å²) in [6.07, 6.45) is 0.216. The molecule has 0 saturated carbocycles. The number of nitrogens with one attached hydrogen (secondary N) is 2. The molecule has 0 fully saturated rings. The van der Waals surface area contributed by atoms with Crippen LogP contribution in [0.15, 0.2) is 48.5 Å². The van der Waals surface area contributed by atoms with Gasteiger partial charge in [0.1, 0.15) is 11.6 Å². The van der Waals surface area contributed by atoms with Crippen molar-refractivity contribution in [3.63, 3.8) is 0 Å². The molecular formula is C18H17FN4O2S. The van der Waals surface area contributed by atoms with Crippen LogP contribution in [0, 0.1) is 10.6 Å². The van der Waals surface area contributed by atoms with E-state index in [1.54, 1.807) is 48.1 Å². The fraction of sp³-hybridized carbons (Fsp3) is 0.167. The highest BCUT2D eigenvalue weighted by molar-refractivity contribution is 7.71. The first-order valence-electron chi connectivity index (χ1n) is 7.92. The molecule has 0 aliphatic rings. The summed E-state index contributed by atoms with van der Waals surface area (Å²) in [5, 5.41) is 9.71. The van der Waals surface area contributed by atoms with Gasteiger partial charge >= 0.3 is 0 Å². The molecule has 6 nitrogen and oxygen atoms in total. The maximum absolute atomic E-state index is 13.1. The molecule has 0 unspecified atom stereocenters. The summed E-state index contributed by atoms with van der Waals surface area (Å²) in [6.45, 7) is 0.351. The highest BCUT2D eigenvalue weighted by Crippen LogP contribution is 2.19. The number of H-pyrrole nitrogens is 1. The van der Waals surface area contributed by atoms with Crippen molar-refractivity contribution >= 4 is 23.8 Å². The van der Waals surface area contributed by atoms with Gasteiger partial charge in [-0.15, -0.1) is 0 Å². The minimum atomic E-state index is -0.326. The number of nitrogens with zero attached hydrogens (tertiary/aromatic N) is 2. The van der Waals surface area contributed by atoms with Crippen LogP contribution in [0.2, 0.25) is 0 Å². The fourth-order valence-electron chi connectivity index (χ4n) is 2.46. The topological polar surface area (TPSA) is 71.9 Å². The van der Waals surface area contributed by atoms with Crippen LogP contribution in [0.4, 0.5) is 10.1 Å². The molecule has 0 spiro atoms. The number of carbonyl (C=O) groups excluding carboxylic acids is 1. The number of hydrogen-bond donors (Lipinski definition) is 2. The Morgan fingerprint density at radius 1 is 1.23 bits per heavy atom. The summed E-state index contributed by atoms with van der Waals surface area (Å²) >= 11 is 5.23. The van der Waals surface area contributed by atoms with E-state index < -0.39 is 0 Å². The van der Waals surface area contributed by atoms with Gasteiger partial charge in [0, 0.05) is 24.2 Å². The van der Waals surface area contributed by atoms with Crippen LogP contribution in [0.25, 0.3) is 11.4 Å². The van der Waals surface area contributed by atoms with Gasteiger partial charge in [0.05, 0.1) is 7.11 Å². The predicted molar refractivity (Wildman–Crippen MR) is 99.0 cm³/mol. The molecule has 0 aliphatic carbocycles. The van der Waals surface area contributed by atoms with E-state index in [1.165, 1.54) is 12.1 Å². The predicted octanol–water partition coefficient (Wildman–Crippen LogP) is 3.78. The zero-order valence-electron chi connectivity index (χ0n) is 14.0. The Balaban J connectivity index is 1.67. The molecule has 2 aromatic carbocycles. The molecular weight excluding hydrogens is 355 g/mol. The van der Waals surface area contributed by atoms with Gasteiger partial charge in [0.15, 0.2) is 10.6 Å². The monoisotopic (exact) mass is 372 g/mol. The molecule has 26 heavy (non-hydrogen) atoms. The first kappa shape index (κ1) is 17.8. The number of halogens is 1. The summed E-state index contributed by atoms with van der Waals surface area (Å²) in [5.74, 6) is 0.806. The molecule has 1 amide bonds. The molecule has 0 radical (unpaired) electrons. The molecule has 1 aromatic heterocycles. The number of rotatable bonds is 6. The van der Waals surface area contributed by atoms with Crippen molar-refractivity contribution in [1.29, 1.82) is 0 Å². The van der Waals surface area contributed by atoms with E-state index in [0.717, 1.165) is 5.75 Å². The maximum atomic E-state index is 13.1. The van der Waals surface area contributed by atoms with Crippen LogP contribution in [-0.2, 0) is 11.3 Å². The summed E-state index contributed by atoms with van der Waals surface area (Å²) in [5.41, 5.74) is 1.40. The fourth-order valence-corrected chi connectivity index (χ4v) is 2.68. The number of benzene rings is 2. The van der Waals surface area contributed by atoms with E-state index >= 15 is 0 Å². The minimum absolute atomic E-state index is 0.150. The van der Waals surface area contributed by atoms with Gasteiger partial charge in [0.25, 0.3) is 0 Å². The molecule has 3 aromatic rings. The molecule has 1 heterocycles. The second-order valence-corrected chi connectivity index (χ2v) is 5.92. The Labute approximate surface area is 154 Å². The van der Waals surface area contributed by atoms with E-state index in [9.17, 15) is 9.18 Å². The first-order valence-corrected chi connectivity index (χ1v) is 8.32. The molecule has 8 heteroatoms. The van der Waals surface area contributed by atoms with Crippen LogP contribution >= 0.6 is 12.2 Å². The maximum Gasteiger partial charge on any atom is 0.226 e. The number of aromatic nitrogens is 3. The number of carbonyl (C=O) groups is 1. The standard InChI is InChI=1S/C18H17FN4O2S/c1-25-15-8-6-14(7-9-15)20-16(24)10-11-23-17(21-22-18(23)26)12-2-4-13(19)5-3-12/h2-9H,10-11H2,1H3,(H,20,24)(H,22,26). The molecule has 0 aliphatic heterocycles. The van der Waals surface area contributed by atoms with Gasteiger partial charge in [-0.3, -0.25) is 14.5 Å². The van der Waals surface area contributed by atoms with Crippen molar-refractivity contribution in [3.8, 4) is 17.1 Å². The lowest BCUT2D eigenvalue weighted by molar-refractivity contribution is -0.116. The van der Waals surface area contributed by atoms with E-state index in [1.807, 2.05) is 0 Å². The Kier molecular flexibility index (Phi) is 5.43. The third-order valence-electron chi connectivity index (χ3n) is 3.80. The van der Waals surface area contributed by atoms with Crippen molar-refractivity contribution in [1.82, 2.24) is 14.8 Å².